The van der Waals surface area contributed by atoms with E-state index in [0.29, 0.717) is 29.0 Å². The monoisotopic (exact) mass is 417 g/mol. The Morgan fingerprint density at radius 1 is 0.967 bits per heavy atom. The molecule has 1 amide bonds. The first-order valence-corrected chi connectivity index (χ1v) is 10.4. The predicted octanol–water partition coefficient (Wildman–Crippen LogP) is 4.97. The number of hydrogen-bond acceptors (Lipinski definition) is 5. The molecule has 4 rings (SSSR count). The fraction of sp³-hybridized carbons (Fsp3) is 0.0833. The Hall–Kier alpha value is -3.51. The number of fused-ring (bicyclic) bond motifs is 1. The third-order valence-corrected chi connectivity index (χ3v) is 5.55. The highest BCUT2D eigenvalue weighted by molar-refractivity contribution is 7.98. The molecule has 0 saturated heterocycles. The van der Waals surface area contributed by atoms with Gasteiger partial charge in [-0.3, -0.25) is 4.79 Å². The molecule has 0 saturated carbocycles. The van der Waals surface area contributed by atoms with Gasteiger partial charge in [0.15, 0.2) is 0 Å². The van der Waals surface area contributed by atoms with E-state index in [1.54, 1.807) is 18.2 Å². The van der Waals surface area contributed by atoms with Crippen LogP contribution in [0.2, 0.25) is 0 Å². The zero-order valence-corrected chi connectivity index (χ0v) is 16.8. The van der Waals surface area contributed by atoms with E-state index in [9.17, 15) is 14.7 Å². The maximum Gasteiger partial charge on any atom is 0.340 e. The maximum absolute atomic E-state index is 12.3. The van der Waals surface area contributed by atoms with E-state index in [1.165, 1.54) is 17.8 Å². The molecule has 2 N–H and O–H groups in total. The quantitative estimate of drug-likeness (QED) is 0.342. The Morgan fingerprint density at radius 2 is 1.80 bits per heavy atom. The van der Waals surface area contributed by atoms with Crippen LogP contribution in [0, 0.1) is 0 Å². The van der Waals surface area contributed by atoms with Crippen molar-refractivity contribution in [3.8, 4) is 5.75 Å². The van der Waals surface area contributed by atoms with E-state index >= 15 is 0 Å². The van der Waals surface area contributed by atoms with Crippen molar-refractivity contribution in [1.82, 2.24) is 0 Å². The summed E-state index contributed by atoms with van der Waals surface area (Å²) in [5.41, 5.74) is 2.14. The van der Waals surface area contributed by atoms with E-state index < -0.39 is 5.63 Å². The highest BCUT2D eigenvalue weighted by Gasteiger charge is 2.08. The van der Waals surface area contributed by atoms with E-state index in [-0.39, 0.29) is 11.7 Å². The third-order valence-electron chi connectivity index (χ3n) is 4.51. The predicted molar refractivity (Wildman–Crippen MR) is 119 cm³/mol. The molecule has 1 aromatic heterocycles. The van der Waals surface area contributed by atoms with Crippen LogP contribution < -0.4 is 10.9 Å². The summed E-state index contributed by atoms with van der Waals surface area (Å²) < 4.78 is 5.31. The van der Waals surface area contributed by atoms with Gasteiger partial charge in [0, 0.05) is 33.4 Å². The number of benzene rings is 3. The lowest BCUT2D eigenvalue weighted by Gasteiger charge is -2.08. The van der Waals surface area contributed by atoms with Gasteiger partial charge in [0.25, 0.3) is 0 Å². The molecule has 3 aromatic carbocycles. The lowest BCUT2D eigenvalue weighted by Crippen LogP contribution is -2.14. The molecule has 0 fully saturated rings. The lowest BCUT2D eigenvalue weighted by molar-refractivity contribution is -0.115. The molecule has 150 valence electrons. The minimum absolute atomic E-state index is 0.0545. The Kier molecular flexibility index (Phi) is 5.86. The van der Waals surface area contributed by atoms with Crippen molar-refractivity contribution in [1.29, 1.82) is 0 Å². The number of anilines is 1. The number of carbonyl (C=O) groups excluding carboxylic acids is 1. The Bertz CT molecular complexity index is 1250. The molecular formula is C24H19NO4S. The van der Waals surface area contributed by atoms with Gasteiger partial charge < -0.3 is 14.8 Å². The zero-order valence-electron chi connectivity index (χ0n) is 16.0. The number of aromatic hydroxyl groups is 1. The second-order valence-electron chi connectivity index (χ2n) is 6.81. The van der Waals surface area contributed by atoms with Gasteiger partial charge in [-0.15, -0.1) is 11.8 Å². The molecule has 30 heavy (non-hydrogen) atoms. The van der Waals surface area contributed by atoms with Crippen molar-refractivity contribution in [2.75, 3.05) is 5.32 Å². The number of amides is 1. The summed E-state index contributed by atoms with van der Waals surface area (Å²) in [5.74, 6) is 0.404. The fourth-order valence-electron chi connectivity index (χ4n) is 3.05. The van der Waals surface area contributed by atoms with Crippen LogP contribution >= 0.6 is 11.8 Å². The number of phenolic OH excluding ortho intramolecular Hbond substituents is 1. The average Bonchev–Trinajstić information content (AvgIpc) is 2.73. The van der Waals surface area contributed by atoms with Gasteiger partial charge in [-0.05, 0) is 42.0 Å². The molecule has 0 unspecified atom stereocenters. The molecule has 6 heteroatoms. The van der Waals surface area contributed by atoms with Crippen LogP contribution in [0.3, 0.4) is 0 Å². The summed E-state index contributed by atoms with van der Waals surface area (Å²) in [4.78, 5) is 25.4. The molecule has 0 aliphatic heterocycles. The Morgan fingerprint density at radius 3 is 2.63 bits per heavy atom. The largest absolute Gasteiger partial charge is 0.508 e. The van der Waals surface area contributed by atoms with Crippen LogP contribution in [0.5, 0.6) is 5.75 Å². The summed E-state index contributed by atoms with van der Waals surface area (Å²) in [6.07, 6.45) is 0.311. The topological polar surface area (TPSA) is 79.5 Å². The van der Waals surface area contributed by atoms with Crippen LogP contribution in [0.4, 0.5) is 5.69 Å². The van der Waals surface area contributed by atoms with Crippen LogP contribution in [-0.2, 0) is 17.0 Å². The fourth-order valence-corrected chi connectivity index (χ4v) is 3.96. The molecule has 0 aliphatic carbocycles. The standard InChI is InChI=1S/C24H19NO4S/c26-20-10-9-17-12-18(24(28)29-22(17)14-20)15-30-21-8-4-7-19(13-21)25-23(27)11-16-5-2-1-3-6-16/h1-10,12-14,26H,11,15H2,(H,25,27). The number of thioether (sulfide) groups is 1. The van der Waals surface area contributed by atoms with E-state index in [1.807, 2.05) is 54.6 Å². The Balaban J connectivity index is 1.43. The average molecular weight is 417 g/mol. The van der Waals surface area contributed by atoms with Gasteiger partial charge >= 0.3 is 5.63 Å². The highest BCUT2D eigenvalue weighted by Crippen LogP contribution is 2.26. The number of nitrogens with one attached hydrogen (secondary N) is 1. The number of carbonyl (C=O) groups is 1. The van der Waals surface area contributed by atoms with Crippen molar-refractivity contribution < 1.29 is 14.3 Å². The molecule has 0 atom stereocenters. The molecular weight excluding hydrogens is 398 g/mol. The first kappa shape index (κ1) is 19.8. The minimum atomic E-state index is -0.423. The van der Waals surface area contributed by atoms with Crippen molar-refractivity contribution >= 4 is 34.3 Å². The number of rotatable bonds is 6. The van der Waals surface area contributed by atoms with Crippen LogP contribution in [-0.4, -0.2) is 11.0 Å². The highest BCUT2D eigenvalue weighted by atomic mass is 32.2. The van der Waals surface area contributed by atoms with Crippen LogP contribution in [0.15, 0.2) is 93.0 Å². The molecule has 0 bridgehead atoms. The van der Waals surface area contributed by atoms with Gasteiger partial charge in [0.05, 0.1) is 6.42 Å². The van der Waals surface area contributed by atoms with E-state index in [4.69, 9.17) is 4.42 Å². The van der Waals surface area contributed by atoms with E-state index in [0.717, 1.165) is 15.8 Å². The molecule has 0 radical (unpaired) electrons. The molecule has 1 heterocycles. The minimum Gasteiger partial charge on any atom is -0.508 e. The Labute approximate surface area is 177 Å². The second kappa shape index (κ2) is 8.88. The first-order chi connectivity index (χ1) is 14.6. The van der Waals surface area contributed by atoms with Crippen molar-refractivity contribution in [3.05, 3.63) is 100 Å². The van der Waals surface area contributed by atoms with Gasteiger partial charge in [-0.1, -0.05) is 36.4 Å². The summed E-state index contributed by atoms with van der Waals surface area (Å²) in [6.45, 7) is 0. The summed E-state index contributed by atoms with van der Waals surface area (Å²) >= 11 is 1.48. The molecule has 0 aliphatic rings. The van der Waals surface area contributed by atoms with Crippen molar-refractivity contribution in [2.45, 2.75) is 17.1 Å². The molecule has 4 aromatic rings. The SMILES string of the molecule is O=C(Cc1ccccc1)Nc1cccc(SCc2cc3ccc(O)cc3oc2=O)c1. The van der Waals surface area contributed by atoms with Gasteiger partial charge in [0.2, 0.25) is 5.91 Å². The van der Waals surface area contributed by atoms with Crippen molar-refractivity contribution in [2.24, 2.45) is 0 Å². The summed E-state index contributed by atoms with van der Waals surface area (Å²) in [5, 5.41) is 13.2. The molecule has 0 spiro atoms. The van der Waals surface area contributed by atoms with Gasteiger partial charge in [-0.2, -0.15) is 0 Å². The number of hydrogen-bond donors (Lipinski definition) is 2. The van der Waals surface area contributed by atoms with Crippen LogP contribution in [0.25, 0.3) is 11.0 Å². The smallest absolute Gasteiger partial charge is 0.340 e. The maximum atomic E-state index is 12.3. The first-order valence-electron chi connectivity index (χ1n) is 9.39. The van der Waals surface area contributed by atoms with Gasteiger partial charge in [0.1, 0.15) is 11.3 Å². The van der Waals surface area contributed by atoms with Crippen molar-refractivity contribution in [3.63, 3.8) is 0 Å². The number of phenols is 1. The molecule has 5 nitrogen and oxygen atoms in total. The van der Waals surface area contributed by atoms with Gasteiger partial charge in [-0.25, -0.2) is 4.79 Å². The lowest BCUT2D eigenvalue weighted by atomic mass is 10.1. The second-order valence-corrected chi connectivity index (χ2v) is 7.86. The third kappa shape index (κ3) is 4.90. The van der Waals surface area contributed by atoms with Crippen LogP contribution in [0.1, 0.15) is 11.1 Å². The summed E-state index contributed by atoms with van der Waals surface area (Å²) in [6, 6.07) is 23.6. The normalized spacial score (nSPS) is 10.8. The van der Waals surface area contributed by atoms with E-state index in [2.05, 4.69) is 5.32 Å². The summed E-state index contributed by atoms with van der Waals surface area (Å²) in [7, 11) is 0. The zero-order chi connectivity index (χ0) is 20.9.